The lowest BCUT2D eigenvalue weighted by molar-refractivity contribution is 0.268. The van der Waals surface area contributed by atoms with Gasteiger partial charge >= 0.3 is 5.76 Å². The number of hydrogen-bond acceptors (Lipinski definition) is 5. The fourth-order valence-electron chi connectivity index (χ4n) is 3.50. The third-order valence-corrected chi connectivity index (χ3v) is 6.25. The first-order chi connectivity index (χ1) is 11.8. The second kappa shape index (κ2) is 6.93. The van der Waals surface area contributed by atoms with Crippen LogP contribution in [-0.4, -0.2) is 43.6 Å². The average Bonchev–Trinajstić information content (AvgIpc) is 3.14. The lowest BCUT2D eigenvalue weighted by atomic mass is 10.2. The second-order valence-corrected chi connectivity index (χ2v) is 8.50. The zero-order valence-electron chi connectivity index (χ0n) is 14.9. The fourth-order valence-corrected chi connectivity index (χ4v) is 4.59. The monoisotopic (exact) mass is 367 g/mol. The zero-order chi connectivity index (χ0) is 18.2. The van der Waals surface area contributed by atoms with E-state index in [0.717, 1.165) is 25.9 Å². The standard InChI is InChI=1S/C17H25N3O4S/c1-4-19-9-5-6-13(19)11-18-25(22,23)14-7-8-15-16(10-14)24-17(21)20(15)12(2)3/h7-8,10,12-13,18H,4-6,9,11H2,1-3H3/t13-/m0/s1. The first-order valence-corrected chi connectivity index (χ1v) is 10.2. The fraction of sp³-hybridized carbons (Fsp3) is 0.588. The van der Waals surface area contributed by atoms with E-state index in [9.17, 15) is 13.2 Å². The summed E-state index contributed by atoms with van der Waals surface area (Å²) in [5.74, 6) is -0.475. The molecule has 2 heterocycles. The van der Waals surface area contributed by atoms with E-state index in [-0.39, 0.29) is 22.6 Å². The number of oxazole rings is 1. The average molecular weight is 367 g/mol. The molecule has 1 aliphatic rings. The van der Waals surface area contributed by atoms with Crippen LogP contribution in [0.25, 0.3) is 11.1 Å². The maximum atomic E-state index is 12.6. The molecule has 7 nitrogen and oxygen atoms in total. The molecular formula is C17H25N3O4S. The van der Waals surface area contributed by atoms with E-state index in [1.807, 2.05) is 13.8 Å². The summed E-state index contributed by atoms with van der Waals surface area (Å²) in [5.41, 5.74) is 0.893. The summed E-state index contributed by atoms with van der Waals surface area (Å²) in [4.78, 5) is 14.3. The molecule has 1 fully saturated rings. The summed E-state index contributed by atoms with van der Waals surface area (Å²) in [6.07, 6.45) is 2.10. The van der Waals surface area contributed by atoms with E-state index in [0.29, 0.717) is 12.1 Å². The third kappa shape index (κ3) is 3.51. The van der Waals surface area contributed by atoms with Crippen molar-refractivity contribution in [3.63, 3.8) is 0 Å². The molecule has 1 N–H and O–H groups in total. The number of hydrogen-bond donors (Lipinski definition) is 1. The number of fused-ring (bicyclic) bond motifs is 1. The van der Waals surface area contributed by atoms with Crippen molar-refractivity contribution >= 4 is 21.1 Å². The Balaban J connectivity index is 1.84. The Hall–Kier alpha value is -1.64. The predicted molar refractivity (Wildman–Crippen MR) is 96.3 cm³/mol. The summed E-state index contributed by atoms with van der Waals surface area (Å²) in [7, 11) is -3.64. The largest absolute Gasteiger partial charge is 0.420 e. The van der Waals surface area contributed by atoms with Crippen molar-refractivity contribution in [1.82, 2.24) is 14.2 Å². The van der Waals surface area contributed by atoms with Gasteiger partial charge < -0.3 is 4.42 Å². The highest BCUT2D eigenvalue weighted by Gasteiger charge is 2.25. The van der Waals surface area contributed by atoms with Gasteiger partial charge in [0.1, 0.15) is 0 Å². The summed E-state index contributed by atoms with van der Waals surface area (Å²) in [6, 6.07) is 4.75. The van der Waals surface area contributed by atoms with Crippen LogP contribution in [0.1, 0.15) is 39.7 Å². The van der Waals surface area contributed by atoms with Gasteiger partial charge in [-0.25, -0.2) is 17.9 Å². The van der Waals surface area contributed by atoms with Crippen LogP contribution < -0.4 is 10.5 Å². The summed E-state index contributed by atoms with van der Waals surface area (Å²) >= 11 is 0. The molecular weight excluding hydrogens is 342 g/mol. The first kappa shape index (κ1) is 18.2. The van der Waals surface area contributed by atoms with Gasteiger partial charge in [0.2, 0.25) is 10.0 Å². The van der Waals surface area contributed by atoms with Gasteiger partial charge in [-0.05, 0) is 51.9 Å². The number of likely N-dealkylation sites (tertiary alicyclic amines) is 1. The van der Waals surface area contributed by atoms with E-state index in [2.05, 4.69) is 16.5 Å². The van der Waals surface area contributed by atoms with Crippen LogP contribution in [0.2, 0.25) is 0 Å². The molecule has 3 rings (SSSR count). The van der Waals surface area contributed by atoms with Gasteiger partial charge in [-0.15, -0.1) is 0 Å². The van der Waals surface area contributed by atoms with Crippen molar-refractivity contribution in [2.45, 2.75) is 50.6 Å². The number of aromatic nitrogens is 1. The van der Waals surface area contributed by atoms with E-state index in [4.69, 9.17) is 4.42 Å². The first-order valence-electron chi connectivity index (χ1n) is 8.72. The molecule has 2 aromatic rings. The van der Waals surface area contributed by atoms with Crippen LogP contribution in [0.15, 0.2) is 32.3 Å². The lowest BCUT2D eigenvalue weighted by Crippen LogP contribution is -2.39. The quantitative estimate of drug-likeness (QED) is 0.843. The van der Waals surface area contributed by atoms with Gasteiger partial charge in [0.15, 0.2) is 5.58 Å². The van der Waals surface area contributed by atoms with Crippen molar-refractivity contribution in [2.24, 2.45) is 0 Å². The third-order valence-electron chi connectivity index (χ3n) is 4.83. The van der Waals surface area contributed by atoms with Crippen LogP contribution in [0.4, 0.5) is 0 Å². The summed E-state index contributed by atoms with van der Waals surface area (Å²) < 4.78 is 34.6. The molecule has 8 heteroatoms. The van der Waals surface area contributed by atoms with E-state index in [1.165, 1.54) is 16.7 Å². The highest BCUT2D eigenvalue weighted by molar-refractivity contribution is 7.89. The highest BCUT2D eigenvalue weighted by Crippen LogP contribution is 2.21. The van der Waals surface area contributed by atoms with Crippen LogP contribution in [0.5, 0.6) is 0 Å². The normalized spacial score (nSPS) is 19.3. The van der Waals surface area contributed by atoms with Crippen molar-refractivity contribution < 1.29 is 12.8 Å². The molecule has 0 saturated carbocycles. The highest BCUT2D eigenvalue weighted by atomic mass is 32.2. The van der Waals surface area contributed by atoms with Crippen molar-refractivity contribution in [3.8, 4) is 0 Å². The molecule has 1 saturated heterocycles. The maximum Gasteiger partial charge on any atom is 0.420 e. The molecule has 1 aliphatic heterocycles. The SMILES string of the molecule is CCN1CCC[C@H]1CNS(=O)(=O)c1ccc2c(c1)oc(=O)n2C(C)C. The molecule has 0 aliphatic carbocycles. The molecule has 0 unspecified atom stereocenters. The van der Waals surface area contributed by atoms with E-state index in [1.54, 1.807) is 6.07 Å². The smallest absolute Gasteiger partial charge is 0.408 e. The Labute approximate surface area is 147 Å². The number of likely N-dealkylation sites (N-methyl/N-ethyl adjacent to an activating group) is 1. The van der Waals surface area contributed by atoms with Crippen molar-refractivity contribution in [1.29, 1.82) is 0 Å². The molecule has 0 radical (unpaired) electrons. The van der Waals surface area contributed by atoms with E-state index < -0.39 is 15.8 Å². The lowest BCUT2D eigenvalue weighted by Gasteiger charge is -2.22. The predicted octanol–water partition coefficient (Wildman–Crippen LogP) is 1.94. The Morgan fingerprint density at radius 2 is 2.12 bits per heavy atom. The zero-order valence-corrected chi connectivity index (χ0v) is 15.7. The minimum Gasteiger partial charge on any atom is -0.408 e. The second-order valence-electron chi connectivity index (χ2n) is 6.74. The van der Waals surface area contributed by atoms with Crippen LogP contribution in [0.3, 0.4) is 0 Å². The van der Waals surface area contributed by atoms with Crippen LogP contribution in [0, 0.1) is 0 Å². The van der Waals surface area contributed by atoms with Crippen molar-refractivity contribution in [2.75, 3.05) is 19.6 Å². The Morgan fingerprint density at radius 1 is 1.36 bits per heavy atom. The summed E-state index contributed by atoms with van der Waals surface area (Å²) in [6.45, 7) is 8.18. The number of rotatable bonds is 6. The Kier molecular flexibility index (Phi) is 5.04. The summed E-state index contributed by atoms with van der Waals surface area (Å²) in [5, 5.41) is 0. The van der Waals surface area contributed by atoms with Gasteiger partial charge in [0, 0.05) is 24.7 Å². The Bertz CT molecular complexity index is 914. The van der Waals surface area contributed by atoms with Gasteiger partial charge in [0.25, 0.3) is 0 Å². The number of nitrogens with one attached hydrogen (secondary N) is 1. The molecule has 1 aromatic heterocycles. The molecule has 1 aromatic carbocycles. The molecule has 0 bridgehead atoms. The van der Waals surface area contributed by atoms with Crippen molar-refractivity contribution in [3.05, 3.63) is 28.7 Å². The Morgan fingerprint density at radius 3 is 2.80 bits per heavy atom. The minimum absolute atomic E-state index is 0.0586. The minimum atomic E-state index is -3.64. The number of sulfonamides is 1. The number of nitrogens with zero attached hydrogens (tertiary/aromatic N) is 2. The molecule has 25 heavy (non-hydrogen) atoms. The topological polar surface area (TPSA) is 84.6 Å². The van der Waals surface area contributed by atoms with E-state index >= 15 is 0 Å². The van der Waals surface area contributed by atoms with Gasteiger partial charge in [-0.1, -0.05) is 6.92 Å². The van der Waals surface area contributed by atoms with Crippen LogP contribution >= 0.6 is 0 Å². The maximum absolute atomic E-state index is 12.6. The van der Waals surface area contributed by atoms with Crippen LogP contribution in [-0.2, 0) is 10.0 Å². The molecule has 0 amide bonds. The number of benzene rings is 1. The van der Waals surface area contributed by atoms with Gasteiger partial charge in [0.05, 0.1) is 10.4 Å². The molecule has 0 spiro atoms. The molecule has 138 valence electrons. The van der Waals surface area contributed by atoms with Gasteiger partial charge in [-0.3, -0.25) is 9.47 Å². The van der Waals surface area contributed by atoms with Gasteiger partial charge in [-0.2, -0.15) is 0 Å². The molecule has 1 atom stereocenters.